The molecule has 6 heteroatoms. The summed E-state index contributed by atoms with van der Waals surface area (Å²) < 4.78 is 32.3. The molecule has 0 saturated carbocycles. The summed E-state index contributed by atoms with van der Waals surface area (Å²) in [6.07, 6.45) is 1.99. The molecule has 0 spiro atoms. The van der Waals surface area contributed by atoms with E-state index in [1.807, 2.05) is 19.1 Å². The van der Waals surface area contributed by atoms with E-state index >= 15 is 0 Å². The van der Waals surface area contributed by atoms with Crippen LogP contribution in [0.25, 0.3) is 0 Å². The lowest BCUT2D eigenvalue weighted by molar-refractivity contribution is 0.0947. The molecule has 1 fully saturated rings. The lowest BCUT2D eigenvalue weighted by atomic mass is 10.2. The van der Waals surface area contributed by atoms with E-state index in [-0.39, 0.29) is 6.10 Å². The van der Waals surface area contributed by atoms with Crippen LogP contribution in [0.4, 0.5) is 0 Å². The highest BCUT2D eigenvalue weighted by Crippen LogP contribution is 2.20. The van der Waals surface area contributed by atoms with Crippen molar-refractivity contribution in [2.24, 2.45) is 0 Å². The normalized spacial score (nSPS) is 19.6. The Balaban J connectivity index is 2.16. The number of nitrogens with zero attached hydrogens (tertiary/aromatic N) is 1. The van der Waals surface area contributed by atoms with E-state index in [0.29, 0.717) is 18.0 Å². The van der Waals surface area contributed by atoms with Gasteiger partial charge in [0.2, 0.25) is 10.0 Å². The van der Waals surface area contributed by atoms with Crippen molar-refractivity contribution in [3.8, 4) is 0 Å². The fourth-order valence-electron chi connectivity index (χ4n) is 2.31. The molecule has 0 amide bonds. The molecular weight excluding hydrogens is 342 g/mol. The van der Waals surface area contributed by atoms with E-state index in [4.69, 9.17) is 4.74 Å². The van der Waals surface area contributed by atoms with Gasteiger partial charge in [-0.1, -0.05) is 35.0 Å². The highest BCUT2D eigenvalue weighted by atomic mass is 79.9. The average Bonchev–Trinajstić information content (AvgIpc) is 2.97. The minimum atomic E-state index is -3.43. The number of benzene rings is 1. The highest BCUT2D eigenvalue weighted by Gasteiger charge is 2.27. The van der Waals surface area contributed by atoms with E-state index in [1.54, 1.807) is 12.1 Å². The van der Waals surface area contributed by atoms with Crippen molar-refractivity contribution in [2.45, 2.75) is 36.1 Å². The lowest BCUT2D eigenvalue weighted by Crippen LogP contribution is -2.37. The van der Waals surface area contributed by atoms with Gasteiger partial charge in [-0.05, 0) is 30.5 Å². The molecule has 0 bridgehead atoms. The lowest BCUT2D eigenvalue weighted by Gasteiger charge is -2.23. The average molecular weight is 362 g/mol. The van der Waals surface area contributed by atoms with Crippen molar-refractivity contribution < 1.29 is 13.2 Å². The fourth-order valence-corrected chi connectivity index (χ4v) is 4.17. The van der Waals surface area contributed by atoms with E-state index < -0.39 is 10.0 Å². The van der Waals surface area contributed by atoms with Gasteiger partial charge in [0.25, 0.3) is 0 Å². The molecule has 0 radical (unpaired) electrons. The van der Waals surface area contributed by atoms with Gasteiger partial charge in [-0.25, -0.2) is 8.42 Å². The Morgan fingerprint density at radius 1 is 1.35 bits per heavy atom. The van der Waals surface area contributed by atoms with Crippen LogP contribution in [0.1, 0.15) is 25.3 Å². The molecule has 2 rings (SSSR count). The minimum Gasteiger partial charge on any atom is -0.377 e. The quantitative estimate of drug-likeness (QED) is 0.731. The van der Waals surface area contributed by atoms with Gasteiger partial charge in [0.1, 0.15) is 0 Å². The monoisotopic (exact) mass is 361 g/mol. The number of hydrogen-bond acceptors (Lipinski definition) is 3. The molecule has 1 atom stereocenters. The van der Waals surface area contributed by atoms with Crippen LogP contribution < -0.4 is 0 Å². The van der Waals surface area contributed by atoms with Crippen LogP contribution in [0.5, 0.6) is 0 Å². The van der Waals surface area contributed by atoms with Crippen LogP contribution in [0.15, 0.2) is 29.2 Å². The topological polar surface area (TPSA) is 46.6 Å². The minimum absolute atomic E-state index is 0.0338. The number of likely N-dealkylation sites (N-methyl/N-ethyl adjacent to an activating group) is 1. The van der Waals surface area contributed by atoms with Crippen LogP contribution in [-0.2, 0) is 20.1 Å². The standard InChI is InChI=1S/C14H20BrNO3S/c1-2-16(11-13-4-3-9-19-13)20(17,18)14-7-5-12(10-15)6-8-14/h5-8,13H,2-4,9-11H2,1H3. The van der Waals surface area contributed by atoms with Crippen LogP contribution >= 0.6 is 15.9 Å². The number of halogens is 1. The molecule has 1 unspecified atom stereocenters. The first-order valence-corrected chi connectivity index (χ1v) is 9.40. The zero-order valence-corrected chi connectivity index (χ0v) is 14.0. The van der Waals surface area contributed by atoms with Gasteiger partial charge in [0.05, 0.1) is 11.0 Å². The Morgan fingerprint density at radius 2 is 2.05 bits per heavy atom. The summed E-state index contributed by atoms with van der Waals surface area (Å²) in [6.45, 7) is 3.50. The van der Waals surface area contributed by atoms with Crippen molar-refractivity contribution in [1.82, 2.24) is 4.31 Å². The van der Waals surface area contributed by atoms with Gasteiger partial charge in [0, 0.05) is 25.0 Å². The molecule has 1 aromatic carbocycles. The zero-order valence-electron chi connectivity index (χ0n) is 11.6. The van der Waals surface area contributed by atoms with Gasteiger partial charge >= 0.3 is 0 Å². The molecule has 1 aliphatic rings. The van der Waals surface area contributed by atoms with E-state index in [0.717, 1.165) is 30.3 Å². The molecule has 0 aliphatic carbocycles. The first-order valence-electron chi connectivity index (χ1n) is 6.84. The third-order valence-corrected chi connectivity index (χ3v) is 6.10. The second kappa shape index (κ2) is 7.02. The number of ether oxygens (including phenoxy) is 1. The Hall–Kier alpha value is -0.430. The summed E-state index contributed by atoms with van der Waals surface area (Å²) in [7, 11) is -3.43. The maximum atomic E-state index is 12.6. The van der Waals surface area contributed by atoms with Gasteiger partial charge < -0.3 is 4.74 Å². The maximum absolute atomic E-state index is 12.6. The molecule has 0 aromatic heterocycles. The molecule has 112 valence electrons. The van der Waals surface area contributed by atoms with Gasteiger partial charge in [-0.3, -0.25) is 0 Å². The second-order valence-electron chi connectivity index (χ2n) is 4.87. The smallest absolute Gasteiger partial charge is 0.243 e. The summed E-state index contributed by atoms with van der Waals surface area (Å²) in [6, 6.07) is 7.01. The molecule has 1 aromatic rings. The number of rotatable bonds is 6. The van der Waals surface area contributed by atoms with Crippen molar-refractivity contribution in [1.29, 1.82) is 0 Å². The van der Waals surface area contributed by atoms with E-state index in [1.165, 1.54) is 4.31 Å². The summed E-state index contributed by atoms with van der Waals surface area (Å²) >= 11 is 3.36. The summed E-state index contributed by atoms with van der Waals surface area (Å²) in [5.74, 6) is 0. The van der Waals surface area contributed by atoms with Crippen molar-refractivity contribution >= 4 is 26.0 Å². The van der Waals surface area contributed by atoms with Crippen LogP contribution in [-0.4, -0.2) is 38.5 Å². The largest absolute Gasteiger partial charge is 0.377 e. The molecule has 1 aliphatic heterocycles. The van der Waals surface area contributed by atoms with Crippen molar-refractivity contribution in [2.75, 3.05) is 19.7 Å². The Bertz CT molecular complexity index is 524. The second-order valence-corrected chi connectivity index (χ2v) is 7.37. The molecule has 1 saturated heterocycles. The summed E-state index contributed by atoms with van der Waals surface area (Å²) in [5, 5.41) is 0.723. The summed E-state index contributed by atoms with van der Waals surface area (Å²) in [4.78, 5) is 0.349. The SMILES string of the molecule is CCN(CC1CCCO1)S(=O)(=O)c1ccc(CBr)cc1. The van der Waals surface area contributed by atoms with Gasteiger partial charge in [-0.15, -0.1) is 0 Å². The zero-order chi connectivity index (χ0) is 14.6. The predicted octanol–water partition coefficient (Wildman–Crippen LogP) is 2.77. The summed E-state index contributed by atoms with van der Waals surface area (Å²) in [5.41, 5.74) is 1.06. The predicted molar refractivity (Wildman–Crippen MR) is 82.5 cm³/mol. The molecular formula is C14H20BrNO3S. The maximum Gasteiger partial charge on any atom is 0.243 e. The Labute approximate surface area is 129 Å². The third-order valence-electron chi connectivity index (χ3n) is 3.50. The Kier molecular flexibility index (Phi) is 5.60. The Morgan fingerprint density at radius 3 is 2.55 bits per heavy atom. The fraction of sp³-hybridized carbons (Fsp3) is 0.571. The van der Waals surface area contributed by atoms with Crippen LogP contribution in [0, 0.1) is 0 Å². The third kappa shape index (κ3) is 3.61. The van der Waals surface area contributed by atoms with E-state index in [9.17, 15) is 8.42 Å². The highest BCUT2D eigenvalue weighted by molar-refractivity contribution is 9.08. The van der Waals surface area contributed by atoms with E-state index in [2.05, 4.69) is 15.9 Å². The number of hydrogen-bond donors (Lipinski definition) is 0. The first-order chi connectivity index (χ1) is 9.57. The van der Waals surface area contributed by atoms with Crippen LogP contribution in [0.3, 0.4) is 0 Å². The molecule has 1 heterocycles. The van der Waals surface area contributed by atoms with Crippen LogP contribution in [0.2, 0.25) is 0 Å². The number of sulfonamides is 1. The van der Waals surface area contributed by atoms with Crippen molar-refractivity contribution in [3.05, 3.63) is 29.8 Å². The molecule has 4 nitrogen and oxygen atoms in total. The molecule has 0 N–H and O–H groups in total. The first kappa shape index (κ1) is 15.9. The molecule has 20 heavy (non-hydrogen) atoms. The van der Waals surface area contributed by atoms with Crippen molar-refractivity contribution in [3.63, 3.8) is 0 Å². The van der Waals surface area contributed by atoms with Gasteiger partial charge in [-0.2, -0.15) is 4.31 Å². The number of alkyl halides is 1. The van der Waals surface area contributed by atoms with Gasteiger partial charge in [0.15, 0.2) is 0 Å².